The van der Waals surface area contributed by atoms with Gasteiger partial charge in [-0.1, -0.05) is 115 Å². The van der Waals surface area contributed by atoms with E-state index in [0.29, 0.717) is 16.7 Å². The molecule has 3 heterocycles. The van der Waals surface area contributed by atoms with Crippen molar-refractivity contribution in [2.45, 2.75) is 6.17 Å². The molecule has 1 atom stereocenters. The van der Waals surface area contributed by atoms with Crippen LogP contribution in [0.25, 0.3) is 45.2 Å². The maximum atomic E-state index is 6.61. The maximum Gasteiger partial charge on any atom is 0.207 e. The molecule has 37 heavy (non-hydrogen) atoms. The second-order valence-electron chi connectivity index (χ2n) is 8.91. The molecule has 0 amide bonds. The summed E-state index contributed by atoms with van der Waals surface area (Å²) in [6.45, 7) is 0. The Labute approximate surface area is 219 Å². The van der Waals surface area contributed by atoms with E-state index in [4.69, 9.17) is 26.1 Å². The van der Waals surface area contributed by atoms with Gasteiger partial charge in [0.1, 0.15) is 5.76 Å². The molecule has 7 rings (SSSR count). The predicted molar refractivity (Wildman–Crippen MR) is 147 cm³/mol. The lowest BCUT2D eigenvalue weighted by Gasteiger charge is -2.25. The number of hydrogen-bond acceptors (Lipinski definition) is 4. The number of halogens is 1. The Morgan fingerprint density at radius 3 is 1.92 bits per heavy atom. The summed E-state index contributed by atoms with van der Waals surface area (Å²) in [5.74, 6) is 2.86. The fourth-order valence-corrected chi connectivity index (χ4v) is 4.98. The van der Waals surface area contributed by atoms with Gasteiger partial charge in [0.25, 0.3) is 0 Å². The summed E-state index contributed by atoms with van der Waals surface area (Å²) in [6, 6.07) is 38.3. The van der Waals surface area contributed by atoms with Crippen molar-refractivity contribution in [2.24, 2.45) is 0 Å². The van der Waals surface area contributed by atoms with Crippen LogP contribution >= 0.6 is 11.6 Å². The molecule has 4 aromatic carbocycles. The van der Waals surface area contributed by atoms with Gasteiger partial charge in [0.05, 0.1) is 5.56 Å². The zero-order valence-corrected chi connectivity index (χ0v) is 20.4. The molecule has 0 saturated heterocycles. The van der Waals surface area contributed by atoms with Crippen molar-refractivity contribution < 1.29 is 4.42 Å². The van der Waals surface area contributed by atoms with Gasteiger partial charge in [-0.3, -0.25) is 0 Å². The molecule has 6 aromatic rings. The van der Waals surface area contributed by atoms with Gasteiger partial charge in [-0.05, 0) is 23.3 Å². The number of hydrogen-bond donors (Lipinski definition) is 1. The minimum atomic E-state index is -0.317. The van der Waals surface area contributed by atoms with Crippen molar-refractivity contribution in [1.82, 2.24) is 14.8 Å². The second kappa shape index (κ2) is 8.80. The average molecular weight is 501 g/mol. The Morgan fingerprint density at radius 1 is 0.676 bits per heavy atom. The molecule has 0 bridgehead atoms. The lowest BCUT2D eigenvalue weighted by atomic mass is 9.96. The summed E-state index contributed by atoms with van der Waals surface area (Å²) >= 11 is 6.20. The van der Waals surface area contributed by atoms with Gasteiger partial charge in [0.15, 0.2) is 17.8 Å². The van der Waals surface area contributed by atoms with E-state index in [-0.39, 0.29) is 6.17 Å². The van der Waals surface area contributed by atoms with Crippen molar-refractivity contribution in [3.8, 4) is 45.2 Å². The van der Waals surface area contributed by atoms with E-state index in [1.165, 1.54) is 0 Å². The molecule has 1 aliphatic heterocycles. The predicted octanol–water partition coefficient (Wildman–Crippen LogP) is 8.16. The molecule has 0 unspecified atom stereocenters. The number of nitrogens with zero attached hydrogens (tertiary/aromatic N) is 3. The summed E-state index contributed by atoms with van der Waals surface area (Å²) in [5, 5.41) is 9.27. The number of rotatable bonds is 4. The Bertz CT molecular complexity index is 1690. The highest BCUT2D eigenvalue weighted by atomic mass is 35.5. The summed E-state index contributed by atoms with van der Waals surface area (Å²) < 4.78 is 8.56. The van der Waals surface area contributed by atoms with Crippen LogP contribution in [0.5, 0.6) is 0 Å². The van der Waals surface area contributed by atoms with Gasteiger partial charge in [0, 0.05) is 21.7 Å². The fraction of sp³-hybridized carbons (Fsp3) is 0.0323. The van der Waals surface area contributed by atoms with Crippen LogP contribution in [0.4, 0.5) is 5.88 Å². The van der Waals surface area contributed by atoms with E-state index in [9.17, 15) is 0 Å². The Kier molecular flexibility index (Phi) is 5.15. The molecule has 2 aromatic heterocycles. The van der Waals surface area contributed by atoms with Crippen LogP contribution < -0.4 is 5.32 Å². The van der Waals surface area contributed by atoms with Crippen molar-refractivity contribution in [1.29, 1.82) is 0 Å². The summed E-state index contributed by atoms with van der Waals surface area (Å²) in [6.07, 6.45) is -0.317. The smallest absolute Gasteiger partial charge is 0.207 e. The SMILES string of the molecule is Clc1ccc([C@@H]2Nc3oc(-c4ccccc4)c(-c4ccccc4)c3-c3nc(-c4ccccc4)nn32)cc1. The first kappa shape index (κ1) is 21.7. The quantitative estimate of drug-likeness (QED) is 0.265. The third-order valence-electron chi connectivity index (χ3n) is 6.59. The Morgan fingerprint density at radius 2 is 1.27 bits per heavy atom. The molecule has 0 radical (unpaired) electrons. The molecule has 0 fully saturated rings. The molecule has 0 aliphatic carbocycles. The first-order valence-electron chi connectivity index (χ1n) is 12.1. The third-order valence-corrected chi connectivity index (χ3v) is 6.84. The van der Waals surface area contributed by atoms with Crippen molar-refractivity contribution >= 4 is 17.5 Å². The second-order valence-corrected chi connectivity index (χ2v) is 9.35. The molecule has 0 spiro atoms. The number of furan rings is 1. The first-order chi connectivity index (χ1) is 18.3. The number of aromatic nitrogens is 3. The highest BCUT2D eigenvalue weighted by molar-refractivity contribution is 6.30. The molecule has 1 N–H and O–H groups in total. The number of anilines is 1. The molecule has 5 nitrogen and oxygen atoms in total. The van der Waals surface area contributed by atoms with Gasteiger partial charge in [-0.25, -0.2) is 9.67 Å². The lowest BCUT2D eigenvalue weighted by molar-refractivity contribution is 0.525. The van der Waals surface area contributed by atoms with Crippen LogP contribution in [0.3, 0.4) is 0 Å². The van der Waals surface area contributed by atoms with E-state index in [2.05, 4.69) is 29.6 Å². The molecule has 0 saturated carbocycles. The minimum absolute atomic E-state index is 0.317. The van der Waals surface area contributed by atoms with E-state index in [1.54, 1.807) is 0 Å². The van der Waals surface area contributed by atoms with Gasteiger partial charge in [0.2, 0.25) is 5.88 Å². The zero-order valence-electron chi connectivity index (χ0n) is 19.7. The van der Waals surface area contributed by atoms with E-state index >= 15 is 0 Å². The van der Waals surface area contributed by atoms with Crippen LogP contribution in [-0.4, -0.2) is 14.8 Å². The molecular weight excluding hydrogens is 480 g/mol. The van der Waals surface area contributed by atoms with Crippen molar-refractivity contribution in [2.75, 3.05) is 5.32 Å². The van der Waals surface area contributed by atoms with Crippen LogP contribution in [0, 0.1) is 0 Å². The first-order valence-corrected chi connectivity index (χ1v) is 12.5. The molecule has 1 aliphatic rings. The Balaban J connectivity index is 1.51. The number of benzene rings is 4. The molecular formula is C31H21ClN4O. The van der Waals surface area contributed by atoms with Crippen LogP contribution in [0.1, 0.15) is 11.7 Å². The van der Waals surface area contributed by atoms with E-state index in [1.807, 2.05) is 95.7 Å². The average Bonchev–Trinajstić information content (AvgIpc) is 3.57. The lowest BCUT2D eigenvalue weighted by Crippen LogP contribution is -2.25. The topological polar surface area (TPSA) is 55.9 Å². The van der Waals surface area contributed by atoms with Gasteiger partial charge < -0.3 is 9.73 Å². The molecule has 178 valence electrons. The summed E-state index contributed by atoms with van der Waals surface area (Å²) in [5.41, 5.74) is 5.87. The van der Waals surface area contributed by atoms with Crippen molar-refractivity contribution in [3.05, 3.63) is 126 Å². The third kappa shape index (κ3) is 3.72. The van der Waals surface area contributed by atoms with Gasteiger partial charge in [-0.2, -0.15) is 0 Å². The Hall–Kier alpha value is -4.61. The standard InChI is InChI=1S/C31H21ClN4O/c32-24-18-16-23(17-19-24)29-34-31-26(30-33-28(35-36(29)30)22-14-8-3-9-15-22)25(20-10-4-1-5-11-20)27(37-31)21-12-6-2-7-13-21/h1-19,29,34H/t29-/m1/s1. The number of fused-ring (bicyclic) bond motifs is 3. The summed E-state index contributed by atoms with van der Waals surface area (Å²) in [7, 11) is 0. The van der Waals surface area contributed by atoms with E-state index in [0.717, 1.165) is 45.0 Å². The maximum absolute atomic E-state index is 6.61. The van der Waals surface area contributed by atoms with Gasteiger partial charge in [-0.15, -0.1) is 5.10 Å². The largest absolute Gasteiger partial charge is 0.439 e. The van der Waals surface area contributed by atoms with Crippen LogP contribution in [0.15, 0.2) is 120 Å². The minimum Gasteiger partial charge on any atom is -0.439 e. The van der Waals surface area contributed by atoms with E-state index < -0.39 is 0 Å². The number of nitrogens with one attached hydrogen (secondary N) is 1. The zero-order chi connectivity index (χ0) is 24.8. The summed E-state index contributed by atoms with van der Waals surface area (Å²) in [4.78, 5) is 5.07. The molecule has 6 heteroatoms. The van der Waals surface area contributed by atoms with Crippen LogP contribution in [-0.2, 0) is 0 Å². The van der Waals surface area contributed by atoms with Gasteiger partial charge >= 0.3 is 0 Å². The normalized spacial score (nSPS) is 14.0. The van der Waals surface area contributed by atoms with Crippen molar-refractivity contribution in [3.63, 3.8) is 0 Å². The highest BCUT2D eigenvalue weighted by Gasteiger charge is 2.36. The monoisotopic (exact) mass is 500 g/mol. The fourth-order valence-electron chi connectivity index (χ4n) is 4.86. The van der Waals surface area contributed by atoms with Crippen LogP contribution in [0.2, 0.25) is 5.02 Å². The highest BCUT2D eigenvalue weighted by Crippen LogP contribution is 2.50.